The van der Waals surface area contributed by atoms with Gasteiger partial charge in [-0.05, 0) is 33.3 Å². The minimum absolute atomic E-state index is 0.213. The molecule has 0 aliphatic heterocycles. The smallest absolute Gasteiger partial charge is 0.255 e. The number of nitrogens with zero attached hydrogens (tertiary/aromatic N) is 2. The first-order chi connectivity index (χ1) is 14.4. The SMILES string of the molecule is CCNC(=O)[C@@H](C)NC(=O)c1cn(Cc2ccc(C)cc2)nc1-c1ccc(C)cc1. The largest absolute Gasteiger partial charge is 0.355 e. The molecule has 0 saturated heterocycles. The molecule has 0 bridgehead atoms. The van der Waals surface area contributed by atoms with Crippen molar-refractivity contribution in [1.82, 2.24) is 20.4 Å². The third-order valence-electron chi connectivity index (χ3n) is 4.89. The summed E-state index contributed by atoms with van der Waals surface area (Å²) in [5.74, 6) is -0.533. The molecule has 2 amide bonds. The van der Waals surface area contributed by atoms with Crippen molar-refractivity contribution in [1.29, 1.82) is 0 Å². The summed E-state index contributed by atoms with van der Waals surface area (Å²) in [5, 5.41) is 10.2. The molecular formula is C24H28N4O2. The molecule has 1 atom stereocenters. The second-order valence-corrected chi connectivity index (χ2v) is 7.53. The highest BCUT2D eigenvalue weighted by Gasteiger charge is 2.22. The number of carbonyl (C=O) groups is 2. The van der Waals surface area contributed by atoms with Crippen LogP contribution in [-0.4, -0.2) is 34.2 Å². The van der Waals surface area contributed by atoms with Gasteiger partial charge >= 0.3 is 0 Å². The first-order valence-electron chi connectivity index (χ1n) is 10.2. The fourth-order valence-electron chi connectivity index (χ4n) is 3.14. The Morgan fingerprint density at radius 2 is 1.60 bits per heavy atom. The minimum atomic E-state index is -0.635. The molecule has 2 aromatic carbocycles. The number of nitrogens with one attached hydrogen (secondary N) is 2. The lowest BCUT2D eigenvalue weighted by Gasteiger charge is -2.13. The fraction of sp³-hybridized carbons (Fsp3) is 0.292. The van der Waals surface area contributed by atoms with E-state index in [4.69, 9.17) is 5.10 Å². The van der Waals surface area contributed by atoms with Crippen LogP contribution in [-0.2, 0) is 11.3 Å². The van der Waals surface area contributed by atoms with Crippen molar-refractivity contribution in [3.8, 4) is 11.3 Å². The summed E-state index contributed by atoms with van der Waals surface area (Å²) in [5.41, 5.74) is 5.33. The lowest BCUT2D eigenvalue weighted by molar-refractivity contribution is -0.122. The molecule has 0 unspecified atom stereocenters. The van der Waals surface area contributed by atoms with Crippen molar-refractivity contribution in [2.45, 2.75) is 40.3 Å². The predicted molar refractivity (Wildman–Crippen MR) is 118 cm³/mol. The molecule has 0 saturated carbocycles. The molecule has 156 valence electrons. The van der Waals surface area contributed by atoms with Crippen LogP contribution in [0.25, 0.3) is 11.3 Å². The Morgan fingerprint density at radius 3 is 2.20 bits per heavy atom. The van der Waals surface area contributed by atoms with Crippen LogP contribution in [0.5, 0.6) is 0 Å². The number of hydrogen-bond acceptors (Lipinski definition) is 3. The molecule has 3 rings (SSSR count). The van der Waals surface area contributed by atoms with E-state index in [1.165, 1.54) is 5.56 Å². The van der Waals surface area contributed by atoms with Gasteiger partial charge in [0.05, 0.1) is 12.1 Å². The fourth-order valence-corrected chi connectivity index (χ4v) is 3.14. The zero-order chi connectivity index (χ0) is 21.7. The number of hydrogen-bond donors (Lipinski definition) is 2. The molecule has 3 aromatic rings. The first-order valence-corrected chi connectivity index (χ1v) is 10.2. The van der Waals surface area contributed by atoms with E-state index in [9.17, 15) is 9.59 Å². The van der Waals surface area contributed by atoms with Crippen LogP contribution in [0.1, 0.15) is 40.9 Å². The van der Waals surface area contributed by atoms with Gasteiger partial charge in [0.1, 0.15) is 11.7 Å². The first kappa shape index (κ1) is 21.3. The van der Waals surface area contributed by atoms with Gasteiger partial charge in [0, 0.05) is 18.3 Å². The van der Waals surface area contributed by atoms with Gasteiger partial charge in [-0.3, -0.25) is 14.3 Å². The zero-order valence-corrected chi connectivity index (χ0v) is 17.9. The van der Waals surface area contributed by atoms with Gasteiger partial charge in [0.15, 0.2) is 0 Å². The Labute approximate surface area is 177 Å². The predicted octanol–water partition coefficient (Wildman–Crippen LogP) is 3.47. The summed E-state index contributed by atoms with van der Waals surface area (Å²) in [7, 11) is 0. The van der Waals surface area contributed by atoms with Crippen LogP contribution < -0.4 is 10.6 Å². The van der Waals surface area contributed by atoms with Gasteiger partial charge in [0.2, 0.25) is 5.91 Å². The van der Waals surface area contributed by atoms with Crippen molar-refractivity contribution in [3.63, 3.8) is 0 Å². The van der Waals surface area contributed by atoms with E-state index in [0.29, 0.717) is 24.3 Å². The number of carbonyl (C=O) groups excluding carboxylic acids is 2. The monoisotopic (exact) mass is 404 g/mol. The Kier molecular flexibility index (Phi) is 6.67. The van der Waals surface area contributed by atoms with Crippen molar-refractivity contribution in [3.05, 3.63) is 77.0 Å². The molecule has 1 aromatic heterocycles. The van der Waals surface area contributed by atoms with Gasteiger partial charge in [-0.25, -0.2) is 0 Å². The lowest BCUT2D eigenvalue weighted by Crippen LogP contribution is -2.44. The topological polar surface area (TPSA) is 76.0 Å². The maximum absolute atomic E-state index is 13.0. The molecule has 0 aliphatic carbocycles. The highest BCUT2D eigenvalue weighted by atomic mass is 16.2. The Morgan fingerprint density at radius 1 is 1.00 bits per heavy atom. The van der Waals surface area contributed by atoms with Crippen LogP contribution in [0.4, 0.5) is 0 Å². The van der Waals surface area contributed by atoms with E-state index in [1.807, 2.05) is 45.0 Å². The number of benzene rings is 2. The van der Waals surface area contributed by atoms with Crippen LogP contribution in [0.2, 0.25) is 0 Å². The number of aromatic nitrogens is 2. The highest BCUT2D eigenvalue weighted by molar-refractivity contribution is 6.01. The lowest BCUT2D eigenvalue weighted by atomic mass is 10.1. The average molecular weight is 405 g/mol. The van der Waals surface area contributed by atoms with E-state index >= 15 is 0 Å². The second-order valence-electron chi connectivity index (χ2n) is 7.53. The van der Waals surface area contributed by atoms with E-state index in [1.54, 1.807) is 17.8 Å². The molecule has 0 spiro atoms. The molecule has 2 N–H and O–H groups in total. The number of aryl methyl sites for hydroxylation is 2. The molecule has 6 heteroatoms. The van der Waals surface area contributed by atoms with Crippen molar-refractivity contribution in [2.75, 3.05) is 6.54 Å². The summed E-state index contributed by atoms with van der Waals surface area (Å²) in [6.45, 7) is 8.65. The van der Waals surface area contributed by atoms with Gasteiger partial charge < -0.3 is 10.6 Å². The standard InChI is InChI=1S/C24H28N4O2/c1-5-25-23(29)18(4)26-24(30)21-15-28(14-19-10-6-16(2)7-11-19)27-22(21)20-12-8-17(3)9-13-20/h6-13,15,18H,5,14H2,1-4H3,(H,25,29)(H,26,30)/t18-/m1/s1. The van der Waals surface area contributed by atoms with Crippen molar-refractivity contribution < 1.29 is 9.59 Å². The van der Waals surface area contributed by atoms with Crippen LogP contribution in [0.3, 0.4) is 0 Å². The Bertz CT molecular complexity index is 1020. The summed E-state index contributed by atoms with van der Waals surface area (Å²) < 4.78 is 1.77. The zero-order valence-electron chi connectivity index (χ0n) is 17.9. The van der Waals surface area contributed by atoms with Crippen molar-refractivity contribution >= 4 is 11.8 Å². The molecule has 0 radical (unpaired) electrons. The average Bonchev–Trinajstić information content (AvgIpc) is 3.14. The van der Waals surface area contributed by atoms with Crippen LogP contribution in [0, 0.1) is 13.8 Å². The Balaban J connectivity index is 1.91. The molecular weight excluding hydrogens is 376 g/mol. The molecule has 0 aliphatic rings. The highest BCUT2D eigenvalue weighted by Crippen LogP contribution is 2.23. The van der Waals surface area contributed by atoms with Crippen molar-refractivity contribution in [2.24, 2.45) is 0 Å². The van der Waals surface area contributed by atoms with Gasteiger partial charge in [-0.15, -0.1) is 0 Å². The quantitative estimate of drug-likeness (QED) is 0.633. The third kappa shape index (κ3) is 5.14. The van der Waals surface area contributed by atoms with Crippen LogP contribution in [0.15, 0.2) is 54.7 Å². The normalized spacial score (nSPS) is 11.7. The summed E-state index contributed by atoms with van der Waals surface area (Å²) in [6.07, 6.45) is 1.74. The summed E-state index contributed by atoms with van der Waals surface area (Å²) in [6, 6.07) is 15.5. The van der Waals surface area contributed by atoms with Gasteiger partial charge in [-0.1, -0.05) is 59.7 Å². The molecule has 0 fully saturated rings. The molecule has 1 heterocycles. The molecule has 6 nitrogen and oxygen atoms in total. The van der Waals surface area contributed by atoms with E-state index in [-0.39, 0.29) is 11.8 Å². The van der Waals surface area contributed by atoms with Gasteiger partial charge in [-0.2, -0.15) is 5.10 Å². The van der Waals surface area contributed by atoms with Gasteiger partial charge in [0.25, 0.3) is 5.91 Å². The number of rotatable bonds is 7. The van der Waals surface area contributed by atoms with Crippen LogP contribution >= 0.6 is 0 Å². The summed E-state index contributed by atoms with van der Waals surface area (Å²) >= 11 is 0. The third-order valence-corrected chi connectivity index (χ3v) is 4.89. The number of likely N-dealkylation sites (N-methyl/N-ethyl adjacent to an activating group) is 1. The maximum atomic E-state index is 13.0. The van der Waals surface area contributed by atoms with E-state index in [0.717, 1.165) is 16.7 Å². The van der Waals surface area contributed by atoms with E-state index < -0.39 is 6.04 Å². The second kappa shape index (κ2) is 9.39. The minimum Gasteiger partial charge on any atom is -0.355 e. The molecule has 30 heavy (non-hydrogen) atoms. The maximum Gasteiger partial charge on any atom is 0.255 e. The number of amides is 2. The Hall–Kier alpha value is -3.41. The van der Waals surface area contributed by atoms with E-state index in [2.05, 4.69) is 34.9 Å². The summed E-state index contributed by atoms with van der Waals surface area (Å²) in [4.78, 5) is 25.0.